The lowest BCUT2D eigenvalue weighted by Crippen LogP contribution is -2.50. The number of alkyl halides is 3. The Balaban J connectivity index is 0.000000488. The van der Waals surface area contributed by atoms with Crippen molar-refractivity contribution in [2.24, 2.45) is 5.92 Å². The fourth-order valence-corrected chi connectivity index (χ4v) is 2.27. The number of terminal acetylenes is 1. The topological polar surface area (TPSA) is 32.3 Å². The predicted molar refractivity (Wildman–Crippen MR) is 93.7 cm³/mol. The standard InChI is InChI=1S/C11H13ClF3N2OP.C5H6/c1-10(16-2,11(13,14)15)8-5-7(12)3-4-9(8)17(19)6-18;1-2-5-3-4-5/h3-6,16H,19H2,1-2H3;1,5H,3-4H2/t10-;/m0./s1. The van der Waals surface area contributed by atoms with Crippen LogP contribution in [0, 0.1) is 18.3 Å². The van der Waals surface area contributed by atoms with Gasteiger partial charge < -0.3 is 5.32 Å². The van der Waals surface area contributed by atoms with Gasteiger partial charge in [-0.25, -0.2) is 0 Å². The molecule has 0 radical (unpaired) electrons. The molecule has 1 N–H and O–H groups in total. The van der Waals surface area contributed by atoms with E-state index in [0.29, 0.717) is 12.3 Å². The van der Waals surface area contributed by atoms with Crippen molar-refractivity contribution in [1.29, 1.82) is 0 Å². The first-order valence-electron chi connectivity index (χ1n) is 7.11. The highest BCUT2D eigenvalue weighted by Gasteiger charge is 2.52. The molecule has 0 aromatic heterocycles. The van der Waals surface area contributed by atoms with Gasteiger partial charge in [-0.2, -0.15) is 13.2 Å². The Labute approximate surface area is 147 Å². The van der Waals surface area contributed by atoms with Gasteiger partial charge in [-0.1, -0.05) is 11.6 Å². The molecule has 0 aliphatic heterocycles. The number of hydrogen-bond donors (Lipinski definition) is 1. The van der Waals surface area contributed by atoms with E-state index in [1.165, 1.54) is 38.1 Å². The lowest BCUT2D eigenvalue weighted by Gasteiger charge is -2.34. The van der Waals surface area contributed by atoms with Crippen LogP contribution in [0.25, 0.3) is 0 Å². The second kappa shape index (κ2) is 8.20. The van der Waals surface area contributed by atoms with E-state index < -0.39 is 11.7 Å². The van der Waals surface area contributed by atoms with Crippen LogP contribution < -0.4 is 9.99 Å². The third kappa shape index (κ3) is 4.86. The summed E-state index contributed by atoms with van der Waals surface area (Å²) in [7, 11) is 3.25. The molecule has 1 aliphatic carbocycles. The van der Waals surface area contributed by atoms with Crippen LogP contribution in [0.5, 0.6) is 0 Å². The van der Waals surface area contributed by atoms with Crippen LogP contribution in [0.3, 0.4) is 0 Å². The van der Waals surface area contributed by atoms with Crippen molar-refractivity contribution in [3.05, 3.63) is 28.8 Å². The Morgan fingerprint density at radius 2 is 2.04 bits per heavy atom. The van der Waals surface area contributed by atoms with Crippen LogP contribution in [0.2, 0.25) is 5.02 Å². The van der Waals surface area contributed by atoms with Gasteiger partial charge >= 0.3 is 6.18 Å². The van der Waals surface area contributed by atoms with E-state index in [1.807, 2.05) is 9.39 Å². The van der Waals surface area contributed by atoms with Crippen LogP contribution in [0.15, 0.2) is 18.2 Å². The molecular weight excluding hydrogens is 360 g/mol. The molecule has 2 rings (SSSR count). The third-order valence-corrected chi connectivity index (χ3v) is 4.40. The minimum absolute atomic E-state index is 0.110. The second-order valence-electron chi connectivity index (χ2n) is 5.49. The van der Waals surface area contributed by atoms with E-state index in [4.69, 9.17) is 18.0 Å². The molecule has 1 amide bonds. The first-order chi connectivity index (χ1) is 11.1. The predicted octanol–water partition coefficient (Wildman–Crippen LogP) is 4.12. The summed E-state index contributed by atoms with van der Waals surface area (Å²) in [6.45, 7) is 0.992. The number of benzene rings is 1. The van der Waals surface area contributed by atoms with Crippen LogP contribution >= 0.6 is 21.0 Å². The first kappa shape index (κ1) is 20.8. The van der Waals surface area contributed by atoms with Crippen molar-refractivity contribution in [2.75, 3.05) is 11.7 Å². The molecule has 1 fully saturated rings. The molecule has 1 aromatic carbocycles. The smallest absolute Gasteiger partial charge is 0.303 e. The molecule has 132 valence electrons. The molecule has 1 unspecified atom stereocenters. The quantitative estimate of drug-likeness (QED) is 0.485. The van der Waals surface area contributed by atoms with Crippen LogP contribution in [-0.2, 0) is 10.3 Å². The zero-order chi connectivity index (χ0) is 18.5. The van der Waals surface area contributed by atoms with E-state index in [-0.39, 0.29) is 16.3 Å². The fourth-order valence-electron chi connectivity index (χ4n) is 1.87. The van der Waals surface area contributed by atoms with Gasteiger partial charge in [0.15, 0.2) is 0 Å². The average molecular weight is 379 g/mol. The van der Waals surface area contributed by atoms with Crippen molar-refractivity contribution in [1.82, 2.24) is 5.32 Å². The second-order valence-corrected chi connectivity index (χ2v) is 6.48. The Hall–Kier alpha value is -1.28. The van der Waals surface area contributed by atoms with E-state index in [2.05, 4.69) is 11.2 Å². The summed E-state index contributed by atoms with van der Waals surface area (Å²) < 4.78 is 40.7. The minimum atomic E-state index is -4.55. The maximum absolute atomic E-state index is 13.3. The zero-order valence-electron chi connectivity index (χ0n) is 13.3. The van der Waals surface area contributed by atoms with Gasteiger partial charge in [-0.15, -0.1) is 12.3 Å². The number of hydrogen-bond acceptors (Lipinski definition) is 2. The van der Waals surface area contributed by atoms with Crippen molar-refractivity contribution >= 4 is 33.1 Å². The van der Waals surface area contributed by atoms with E-state index in [1.54, 1.807) is 0 Å². The third-order valence-electron chi connectivity index (χ3n) is 3.77. The largest absolute Gasteiger partial charge is 0.410 e. The number of carbonyl (C=O) groups excluding carboxylic acids is 1. The molecule has 0 saturated heterocycles. The molecular formula is C16H19ClF3N2OP. The molecule has 24 heavy (non-hydrogen) atoms. The number of amides is 1. The Bertz CT molecular complexity index is 629. The molecule has 1 aromatic rings. The highest BCUT2D eigenvalue weighted by atomic mass is 35.5. The van der Waals surface area contributed by atoms with E-state index >= 15 is 0 Å². The molecule has 1 saturated carbocycles. The number of carbonyl (C=O) groups is 1. The molecule has 0 bridgehead atoms. The number of nitrogens with zero attached hydrogens (tertiary/aromatic N) is 1. The summed E-state index contributed by atoms with van der Waals surface area (Å²) in [5.41, 5.74) is -2.33. The van der Waals surface area contributed by atoms with E-state index in [9.17, 15) is 18.0 Å². The van der Waals surface area contributed by atoms with Gasteiger partial charge in [0.1, 0.15) is 5.54 Å². The number of anilines is 1. The summed E-state index contributed by atoms with van der Waals surface area (Å²) in [6, 6.07) is 3.98. The van der Waals surface area contributed by atoms with Gasteiger partial charge in [0.25, 0.3) is 0 Å². The lowest BCUT2D eigenvalue weighted by molar-refractivity contribution is -0.193. The zero-order valence-corrected chi connectivity index (χ0v) is 15.2. The highest BCUT2D eigenvalue weighted by molar-refractivity contribution is 7.20. The fraction of sp³-hybridized carbons (Fsp3) is 0.438. The summed E-state index contributed by atoms with van der Waals surface area (Å²) in [5, 5.41) is 2.41. The monoisotopic (exact) mass is 378 g/mol. The van der Waals surface area contributed by atoms with Gasteiger partial charge in [-0.3, -0.25) is 9.46 Å². The number of nitrogens with one attached hydrogen (secondary N) is 1. The Kier molecular flexibility index (Phi) is 7.10. The molecule has 2 atom stereocenters. The molecule has 0 spiro atoms. The minimum Gasteiger partial charge on any atom is -0.303 e. The van der Waals surface area contributed by atoms with Gasteiger partial charge in [0, 0.05) is 16.5 Å². The van der Waals surface area contributed by atoms with Crippen LogP contribution in [0.4, 0.5) is 18.9 Å². The molecule has 1 aliphatic rings. The number of halogens is 4. The van der Waals surface area contributed by atoms with Crippen molar-refractivity contribution in [2.45, 2.75) is 31.5 Å². The molecule has 0 heterocycles. The van der Waals surface area contributed by atoms with Gasteiger partial charge in [0.05, 0.1) is 5.69 Å². The lowest BCUT2D eigenvalue weighted by atomic mass is 9.90. The summed E-state index contributed by atoms with van der Waals surface area (Å²) in [4.78, 5) is 10.8. The highest BCUT2D eigenvalue weighted by Crippen LogP contribution is 2.43. The summed E-state index contributed by atoms with van der Waals surface area (Å²) in [6.07, 6.45) is 3.39. The van der Waals surface area contributed by atoms with Gasteiger partial charge in [0.2, 0.25) is 6.41 Å². The average Bonchev–Trinajstić information content (AvgIpc) is 3.37. The Morgan fingerprint density at radius 1 is 1.46 bits per heavy atom. The normalized spacial score (nSPS) is 16.2. The van der Waals surface area contributed by atoms with E-state index in [0.717, 1.165) is 11.6 Å². The molecule has 3 nitrogen and oxygen atoms in total. The maximum atomic E-state index is 13.3. The molecule has 8 heteroatoms. The van der Waals surface area contributed by atoms with Gasteiger partial charge in [-0.05, 0) is 54.4 Å². The number of rotatable bonds is 4. The van der Waals surface area contributed by atoms with Crippen molar-refractivity contribution in [3.8, 4) is 12.3 Å². The maximum Gasteiger partial charge on any atom is 0.410 e. The summed E-state index contributed by atoms with van der Waals surface area (Å²) in [5.74, 6) is 3.30. The first-order valence-corrected chi connectivity index (χ1v) is 8.01. The van der Waals surface area contributed by atoms with Crippen molar-refractivity contribution < 1.29 is 18.0 Å². The SMILES string of the molecule is C#CC1CC1.CN[C@@](C)(c1cc(Cl)ccc1N(P)C=O)C(F)(F)F. The van der Waals surface area contributed by atoms with Crippen molar-refractivity contribution in [3.63, 3.8) is 0 Å². The summed E-state index contributed by atoms with van der Waals surface area (Å²) >= 11 is 5.77. The van der Waals surface area contributed by atoms with Crippen LogP contribution in [-0.4, -0.2) is 19.6 Å². The Morgan fingerprint density at radius 3 is 2.38 bits per heavy atom. The van der Waals surface area contributed by atoms with Crippen LogP contribution in [0.1, 0.15) is 25.3 Å².